The quantitative estimate of drug-likeness (QED) is 0.176. The number of rotatable bonds is 10. The van der Waals surface area contributed by atoms with Crippen molar-refractivity contribution < 1.29 is 20.1 Å². The maximum absolute atomic E-state index is 10.7. The van der Waals surface area contributed by atoms with Crippen molar-refractivity contribution in [3.63, 3.8) is 0 Å². The van der Waals surface area contributed by atoms with Gasteiger partial charge >= 0.3 is 5.97 Å². The van der Waals surface area contributed by atoms with Crippen LogP contribution in [0.3, 0.4) is 0 Å². The van der Waals surface area contributed by atoms with Gasteiger partial charge in [0.25, 0.3) is 0 Å². The van der Waals surface area contributed by atoms with E-state index in [1.165, 1.54) is 11.8 Å². The van der Waals surface area contributed by atoms with Crippen molar-refractivity contribution in [2.24, 2.45) is 16.8 Å². The number of carbonyl (C=O) groups is 1. The first-order chi connectivity index (χ1) is 13.3. The number of aliphatic hydroxyl groups excluding tert-OH is 2. The van der Waals surface area contributed by atoms with Crippen LogP contribution in [0.5, 0.6) is 0 Å². The highest BCUT2D eigenvalue weighted by molar-refractivity contribution is 14.1. The number of hydrogen-bond donors (Lipinski definition) is 3. The Balaban J connectivity index is 2.04. The molecule has 0 aromatic rings. The summed E-state index contributed by atoms with van der Waals surface area (Å²) in [5.41, 5.74) is -0.928. The zero-order valence-corrected chi connectivity index (χ0v) is 19.1. The lowest BCUT2D eigenvalue weighted by atomic mass is 9.84. The van der Waals surface area contributed by atoms with Gasteiger partial charge in [0.2, 0.25) is 0 Å². The maximum atomic E-state index is 10.7. The molecule has 2 aliphatic rings. The molecule has 6 nitrogen and oxygen atoms in total. The van der Waals surface area contributed by atoms with Crippen LogP contribution in [0.15, 0.2) is 17.1 Å². The summed E-state index contributed by atoms with van der Waals surface area (Å²) in [6, 6.07) is 2.34. The highest BCUT2D eigenvalue weighted by Crippen LogP contribution is 2.53. The van der Waals surface area contributed by atoms with Crippen LogP contribution in [0.4, 0.5) is 0 Å². The molecule has 1 aliphatic heterocycles. The number of hydrogen-bond acceptors (Lipinski definition) is 6. The summed E-state index contributed by atoms with van der Waals surface area (Å²) in [7, 11) is 0. The zero-order valence-electron chi connectivity index (χ0n) is 16.1. The minimum Gasteiger partial charge on any atom is -0.481 e. The van der Waals surface area contributed by atoms with Gasteiger partial charge in [-0.15, -0.1) is 11.8 Å². The summed E-state index contributed by atoms with van der Waals surface area (Å²) < 4.78 is -0.00360. The predicted molar refractivity (Wildman–Crippen MR) is 120 cm³/mol. The van der Waals surface area contributed by atoms with Gasteiger partial charge in [-0.1, -0.05) is 60.9 Å². The molecule has 6 atom stereocenters. The molecule has 6 unspecified atom stereocenters. The molecule has 0 radical (unpaired) electrons. The highest BCUT2D eigenvalue weighted by Gasteiger charge is 2.60. The van der Waals surface area contributed by atoms with Crippen molar-refractivity contribution in [3.05, 3.63) is 12.2 Å². The summed E-state index contributed by atoms with van der Waals surface area (Å²) in [6.45, 7) is 2.12. The third-order valence-electron chi connectivity index (χ3n) is 5.43. The van der Waals surface area contributed by atoms with Crippen LogP contribution in [0, 0.1) is 23.2 Å². The standard InChI is InChI=1S/C20H29IN2O4S/c1-2-3-4-6-13(24)8-9-14-15(25)11-20(12-22)17(14)18(21)19(23-20)28-10-5-7-16(26)27/h8-9,13-15,17-18,24-25H,2-7,10-11H2,1H3,(H,26,27). The van der Waals surface area contributed by atoms with Crippen molar-refractivity contribution >= 4 is 45.4 Å². The zero-order chi connectivity index (χ0) is 20.7. The Morgan fingerprint density at radius 2 is 2.25 bits per heavy atom. The lowest BCUT2D eigenvalue weighted by molar-refractivity contribution is -0.137. The van der Waals surface area contributed by atoms with Gasteiger partial charge in [0.05, 0.1) is 27.2 Å². The predicted octanol–water partition coefficient (Wildman–Crippen LogP) is 3.56. The normalized spacial score (nSPS) is 32.9. The fourth-order valence-electron chi connectivity index (χ4n) is 3.98. The van der Waals surface area contributed by atoms with Crippen molar-refractivity contribution in [3.8, 4) is 6.07 Å². The summed E-state index contributed by atoms with van der Waals surface area (Å²) in [6.07, 6.45) is 7.30. The van der Waals surface area contributed by atoms with Gasteiger partial charge in [-0.05, 0) is 18.6 Å². The number of carboxylic acids is 1. The molecule has 28 heavy (non-hydrogen) atoms. The van der Waals surface area contributed by atoms with Gasteiger partial charge in [0, 0.05) is 24.7 Å². The Bertz CT molecular complexity index is 651. The number of aliphatic imine (C=N–C) groups is 1. The van der Waals surface area contributed by atoms with Crippen LogP contribution in [0.2, 0.25) is 0 Å². The SMILES string of the molecule is CCCCCC(O)C=CC1C(O)CC2(C#N)N=C(SCCCC(=O)O)C(I)C12. The van der Waals surface area contributed by atoms with Crippen molar-refractivity contribution in [1.82, 2.24) is 0 Å². The Morgan fingerprint density at radius 1 is 1.50 bits per heavy atom. The number of aliphatic carboxylic acids is 1. The van der Waals surface area contributed by atoms with E-state index in [4.69, 9.17) is 10.1 Å². The topological polar surface area (TPSA) is 114 Å². The molecule has 1 heterocycles. The number of alkyl halides is 1. The summed E-state index contributed by atoms with van der Waals surface area (Å²) in [5, 5.41) is 40.2. The van der Waals surface area contributed by atoms with Gasteiger partial charge in [0.1, 0.15) is 0 Å². The maximum Gasteiger partial charge on any atom is 0.303 e. The van der Waals surface area contributed by atoms with Crippen molar-refractivity contribution in [2.75, 3.05) is 5.75 Å². The molecule has 156 valence electrons. The van der Waals surface area contributed by atoms with Crippen LogP contribution in [0.25, 0.3) is 0 Å². The van der Waals surface area contributed by atoms with E-state index in [0.29, 0.717) is 25.0 Å². The number of nitriles is 1. The fraction of sp³-hybridized carbons (Fsp3) is 0.750. The van der Waals surface area contributed by atoms with Crippen LogP contribution < -0.4 is 0 Å². The average molecular weight is 520 g/mol. The molecular weight excluding hydrogens is 491 g/mol. The van der Waals surface area contributed by atoms with E-state index < -0.39 is 23.7 Å². The fourth-order valence-corrected chi connectivity index (χ4v) is 6.76. The first kappa shape index (κ1) is 23.6. The highest BCUT2D eigenvalue weighted by atomic mass is 127. The largest absolute Gasteiger partial charge is 0.481 e. The van der Waals surface area contributed by atoms with Gasteiger partial charge < -0.3 is 15.3 Å². The Morgan fingerprint density at radius 3 is 2.89 bits per heavy atom. The molecule has 3 N–H and O–H groups in total. The second-order valence-corrected chi connectivity index (χ2v) is 10.0. The molecule has 1 aliphatic carbocycles. The Hall–Kier alpha value is -0.630. The first-order valence-electron chi connectivity index (χ1n) is 9.88. The van der Waals surface area contributed by atoms with Gasteiger partial charge in [-0.2, -0.15) is 5.26 Å². The molecule has 0 bridgehead atoms. The second kappa shape index (κ2) is 11.0. The lowest BCUT2D eigenvalue weighted by Crippen LogP contribution is -2.33. The van der Waals surface area contributed by atoms with Crippen molar-refractivity contribution in [2.45, 2.75) is 73.5 Å². The average Bonchev–Trinajstić information content (AvgIpc) is 3.08. The Kier molecular flexibility index (Phi) is 9.25. The number of aliphatic hydroxyl groups is 2. The minimum absolute atomic E-state index is 0.00360. The van der Waals surface area contributed by atoms with Gasteiger partial charge in [-0.3, -0.25) is 9.79 Å². The number of thioether (sulfide) groups is 1. The molecule has 2 rings (SSSR count). The van der Waals surface area contributed by atoms with Crippen LogP contribution in [-0.4, -0.2) is 53.8 Å². The number of fused-ring (bicyclic) bond motifs is 1. The van der Waals surface area contributed by atoms with Crippen LogP contribution in [-0.2, 0) is 4.79 Å². The number of nitrogens with zero attached hydrogens (tertiary/aromatic N) is 2. The molecule has 1 saturated carbocycles. The van der Waals surface area contributed by atoms with Crippen molar-refractivity contribution in [1.29, 1.82) is 5.26 Å². The summed E-state index contributed by atoms with van der Waals surface area (Å²) in [5.74, 6) is -0.508. The molecular formula is C20H29IN2O4S. The molecule has 0 aromatic heterocycles. The minimum atomic E-state index is -0.928. The molecule has 0 amide bonds. The van der Waals surface area contributed by atoms with E-state index in [-0.39, 0.29) is 22.2 Å². The van der Waals surface area contributed by atoms with E-state index in [1.54, 1.807) is 6.08 Å². The van der Waals surface area contributed by atoms with Crippen LogP contribution in [0.1, 0.15) is 51.9 Å². The molecule has 1 fully saturated rings. The Labute approximate surface area is 184 Å². The third kappa shape index (κ3) is 5.71. The first-order valence-corrected chi connectivity index (χ1v) is 12.1. The third-order valence-corrected chi connectivity index (χ3v) is 8.35. The van der Waals surface area contributed by atoms with E-state index in [9.17, 15) is 20.3 Å². The van der Waals surface area contributed by atoms with E-state index in [1.807, 2.05) is 6.08 Å². The van der Waals surface area contributed by atoms with E-state index in [2.05, 4.69) is 35.6 Å². The van der Waals surface area contributed by atoms with Gasteiger partial charge in [0.15, 0.2) is 5.54 Å². The number of unbranched alkanes of at least 4 members (excludes halogenated alkanes) is 2. The van der Waals surface area contributed by atoms with E-state index >= 15 is 0 Å². The molecule has 8 heteroatoms. The lowest BCUT2D eigenvalue weighted by Gasteiger charge is -2.24. The molecule has 0 spiro atoms. The summed E-state index contributed by atoms with van der Waals surface area (Å²) in [4.78, 5) is 15.4. The van der Waals surface area contributed by atoms with Gasteiger partial charge in [-0.25, -0.2) is 0 Å². The van der Waals surface area contributed by atoms with Crippen LogP contribution >= 0.6 is 34.4 Å². The molecule has 0 saturated heterocycles. The number of halogens is 1. The van der Waals surface area contributed by atoms with E-state index in [0.717, 1.165) is 24.3 Å². The molecule has 0 aromatic carbocycles. The smallest absolute Gasteiger partial charge is 0.303 e. The summed E-state index contributed by atoms with van der Waals surface area (Å²) >= 11 is 3.81. The monoisotopic (exact) mass is 520 g/mol. The second-order valence-electron chi connectivity index (χ2n) is 7.56. The number of carboxylic acid groups (broad SMARTS) is 1.